The van der Waals surface area contributed by atoms with E-state index in [4.69, 9.17) is 18.9 Å². The summed E-state index contributed by atoms with van der Waals surface area (Å²) < 4.78 is 22.2. The first kappa shape index (κ1) is 29.3. The molecule has 3 rings (SSSR count). The van der Waals surface area contributed by atoms with Crippen LogP contribution in [0.3, 0.4) is 0 Å². The minimum absolute atomic E-state index is 0.285. The largest absolute Gasteiger partial charge is 0.493 e. The minimum atomic E-state index is -0.976. The van der Waals surface area contributed by atoms with Crippen molar-refractivity contribution in [3.05, 3.63) is 54.1 Å². The molecule has 0 radical (unpaired) electrons. The number of aliphatic carboxylic acids is 1. The minimum Gasteiger partial charge on any atom is -0.493 e. The Morgan fingerprint density at radius 1 is 1.00 bits per heavy atom. The maximum atomic E-state index is 13.1. The third-order valence-electron chi connectivity index (χ3n) is 6.91. The van der Waals surface area contributed by atoms with Gasteiger partial charge in [-0.3, -0.25) is 0 Å². The first-order valence-corrected chi connectivity index (χ1v) is 13.7. The lowest BCUT2D eigenvalue weighted by molar-refractivity contribution is -0.149. The molecule has 1 atom stereocenters. The quantitative estimate of drug-likeness (QED) is 0.305. The van der Waals surface area contributed by atoms with Gasteiger partial charge in [0.25, 0.3) is 0 Å². The number of carbonyl (C=O) groups is 2. The van der Waals surface area contributed by atoms with Crippen LogP contribution >= 0.6 is 0 Å². The summed E-state index contributed by atoms with van der Waals surface area (Å²) in [4.78, 5) is 26.1. The SMILES string of the molecule is CCOC(Cc1ccc(OCCN(CCCC2CCCCC2)C(=O)Oc2ccccc2OC)cc1)C(=O)O. The molecular formula is C30H41NO7. The Bertz CT molecular complexity index is 988. The van der Waals surface area contributed by atoms with E-state index in [2.05, 4.69) is 0 Å². The van der Waals surface area contributed by atoms with Gasteiger partial charge in [-0.25, -0.2) is 9.59 Å². The van der Waals surface area contributed by atoms with Gasteiger partial charge in [-0.1, -0.05) is 56.4 Å². The van der Waals surface area contributed by atoms with E-state index in [1.54, 1.807) is 49.3 Å². The van der Waals surface area contributed by atoms with Crippen molar-refractivity contribution in [2.24, 2.45) is 5.92 Å². The van der Waals surface area contributed by atoms with Gasteiger partial charge in [-0.2, -0.15) is 0 Å². The summed E-state index contributed by atoms with van der Waals surface area (Å²) in [6, 6.07) is 14.4. The van der Waals surface area contributed by atoms with Crippen LogP contribution in [0.2, 0.25) is 0 Å². The molecule has 0 aromatic heterocycles. The Labute approximate surface area is 225 Å². The fourth-order valence-corrected chi connectivity index (χ4v) is 4.83. The molecule has 0 bridgehead atoms. The van der Waals surface area contributed by atoms with Gasteiger partial charge in [0.15, 0.2) is 17.6 Å². The maximum absolute atomic E-state index is 13.1. The topological polar surface area (TPSA) is 94.5 Å². The van der Waals surface area contributed by atoms with E-state index in [1.165, 1.54) is 32.1 Å². The summed E-state index contributed by atoms with van der Waals surface area (Å²) in [5, 5.41) is 9.29. The lowest BCUT2D eigenvalue weighted by Gasteiger charge is -2.25. The number of methoxy groups -OCH3 is 1. The number of carbonyl (C=O) groups excluding carboxylic acids is 1. The summed E-state index contributed by atoms with van der Waals surface area (Å²) in [7, 11) is 1.55. The van der Waals surface area contributed by atoms with Gasteiger partial charge in [0.05, 0.1) is 13.7 Å². The lowest BCUT2D eigenvalue weighted by Crippen LogP contribution is -2.37. The zero-order chi connectivity index (χ0) is 27.2. The fourth-order valence-electron chi connectivity index (χ4n) is 4.83. The van der Waals surface area contributed by atoms with Gasteiger partial charge in [-0.15, -0.1) is 0 Å². The summed E-state index contributed by atoms with van der Waals surface area (Å²) in [6.07, 6.45) is 7.52. The molecule has 1 aliphatic rings. The third kappa shape index (κ3) is 9.56. The average molecular weight is 528 g/mol. The zero-order valence-electron chi connectivity index (χ0n) is 22.6. The first-order chi connectivity index (χ1) is 18.5. The highest BCUT2D eigenvalue weighted by molar-refractivity contribution is 5.73. The van der Waals surface area contributed by atoms with Crippen LogP contribution < -0.4 is 14.2 Å². The molecule has 208 valence electrons. The van der Waals surface area contributed by atoms with Crippen molar-refractivity contribution >= 4 is 12.1 Å². The predicted octanol–water partition coefficient (Wildman–Crippen LogP) is 5.97. The van der Waals surface area contributed by atoms with Gasteiger partial charge < -0.3 is 29.0 Å². The fraction of sp³-hybridized carbons (Fsp3) is 0.533. The van der Waals surface area contributed by atoms with Crippen LogP contribution in [0.4, 0.5) is 4.79 Å². The van der Waals surface area contributed by atoms with Crippen molar-refractivity contribution < 1.29 is 33.6 Å². The molecule has 0 heterocycles. The second kappa shape index (κ2) is 15.9. The first-order valence-electron chi connectivity index (χ1n) is 13.7. The van der Waals surface area contributed by atoms with Crippen molar-refractivity contribution in [2.75, 3.05) is 33.4 Å². The van der Waals surface area contributed by atoms with Crippen molar-refractivity contribution in [3.63, 3.8) is 0 Å². The summed E-state index contributed by atoms with van der Waals surface area (Å²) >= 11 is 0. The smallest absolute Gasteiger partial charge is 0.415 e. The van der Waals surface area contributed by atoms with Gasteiger partial charge >= 0.3 is 12.1 Å². The third-order valence-corrected chi connectivity index (χ3v) is 6.91. The number of ether oxygens (including phenoxy) is 4. The van der Waals surface area contributed by atoms with E-state index in [0.29, 0.717) is 43.6 Å². The van der Waals surface area contributed by atoms with Crippen molar-refractivity contribution in [3.8, 4) is 17.2 Å². The number of benzene rings is 2. The molecule has 2 aromatic carbocycles. The molecule has 8 heteroatoms. The normalized spacial score (nSPS) is 14.5. The average Bonchev–Trinajstić information content (AvgIpc) is 2.93. The van der Waals surface area contributed by atoms with Crippen molar-refractivity contribution in [2.45, 2.75) is 64.4 Å². The van der Waals surface area contributed by atoms with Crippen molar-refractivity contribution in [1.82, 2.24) is 4.90 Å². The Balaban J connectivity index is 1.55. The molecule has 1 amide bonds. The Morgan fingerprint density at radius 3 is 2.37 bits per heavy atom. The van der Waals surface area contributed by atoms with E-state index in [0.717, 1.165) is 24.3 Å². The number of rotatable bonds is 15. The highest BCUT2D eigenvalue weighted by atomic mass is 16.6. The van der Waals surface area contributed by atoms with E-state index in [1.807, 2.05) is 18.2 Å². The zero-order valence-corrected chi connectivity index (χ0v) is 22.6. The molecule has 0 aliphatic heterocycles. The van der Waals surface area contributed by atoms with Gasteiger partial charge in [0, 0.05) is 19.6 Å². The number of nitrogens with zero attached hydrogens (tertiary/aromatic N) is 1. The number of amides is 1. The van der Waals surface area contributed by atoms with Crippen LogP contribution in [0, 0.1) is 5.92 Å². The van der Waals surface area contributed by atoms with Crippen molar-refractivity contribution in [1.29, 1.82) is 0 Å². The summed E-state index contributed by atoms with van der Waals surface area (Å²) in [6.45, 7) is 3.40. The molecule has 1 unspecified atom stereocenters. The molecule has 1 fully saturated rings. The van der Waals surface area contributed by atoms with Crippen LogP contribution in [0.5, 0.6) is 17.2 Å². The van der Waals surface area contributed by atoms with Crippen LogP contribution in [-0.4, -0.2) is 61.6 Å². The lowest BCUT2D eigenvalue weighted by atomic mass is 9.86. The molecule has 2 aromatic rings. The number of carboxylic acids is 1. The van der Waals surface area contributed by atoms with E-state index in [9.17, 15) is 14.7 Å². The predicted molar refractivity (Wildman–Crippen MR) is 145 cm³/mol. The Hall–Kier alpha value is -3.26. The van der Waals surface area contributed by atoms with Gasteiger partial charge in [-0.05, 0) is 55.5 Å². The molecule has 1 N–H and O–H groups in total. The second-order valence-corrected chi connectivity index (χ2v) is 9.63. The monoisotopic (exact) mass is 527 g/mol. The number of carboxylic acid groups (broad SMARTS) is 1. The number of hydrogen-bond donors (Lipinski definition) is 1. The molecule has 1 aliphatic carbocycles. The molecule has 0 saturated heterocycles. The summed E-state index contributed by atoms with van der Waals surface area (Å²) in [5.74, 6) is 1.32. The van der Waals surface area contributed by atoms with E-state index >= 15 is 0 Å². The second-order valence-electron chi connectivity index (χ2n) is 9.63. The highest BCUT2D eigenvalue weighted by Gasteiger charge is 2.20. The van der Waals surface area contributed by atoms with Gasteiger partial charge in [0.2, 0.25) is 0 Å². The van der Waals surface area contributed by atoms with E-state index < -0.39 is 18.2 Å². The van der Waals surface area contributed by atoms with Crippen LogP contribution in [0.25, 0.3) is 0 Å². The van der Waals surface area contributed by atoms with Crippen LogP contribution in [-0.2, 0) is 16.0 Å². The molecular weight excluding hydrogens is 486 g/mol. The number of para-hydroxylation sites is 2. The molecule has 1 saturated carbocycles. The molecule has 8 nitrogen and oxygen atoms in total. The maximum Gasteiger partial charge on any atom is 0.415 e. The summed E-state index contributed by atoms with van der Waals surface area (Å²) in [5.41, 5.74) is 0.850. The molecule has 38 heavy (non-hydrogen) atoms. The number of hydrogen-bond acceptors (Lipinski definition) is 6. The Kier molecular flexibility index (Phi) is 12.2. The molecule has 0 spiro atoms. The standard InChI is InChI=1S/C30H41NO7/c1-3-36-28(29(32)33)22-24-15-17-25(18-16-24)37-21-20-31(19-9-12-23-10-5-4-6-11-23)30(34)38-27-14-8-7-13-26(27)35-2/h7-8,13-18,23,28H,3-6,9-12,19-22H2,1-2H3,(H,32,33). The van der Waals surface area contributed by atoms with Crippen LogP contribution in [0.15, 0.2) is 48.5 Å². The van der Waals surface area contributed by atoms with Gasteiger partial charge in [0.1, 0.15) is 12.4 Å². The van der Waals surface area contributed by atoms with Crippen LogP contribution in [0.1, 0.15) is 57.4 Å². The van der Waals surface area contributed by atoms with E-state index in [-0.39, 0.29) is 6.42 Å². The highest BCUT2D eigenvalue weighted by Crippen LogP contribution is 2.28. The Morgan fingerprint density at radius 2 is 1.71 bits per heavy atom.